The van der Waals surface area contributed by atoms with Gasteiger partial charge < -0.3 is 15.3 Å². The number of carbonyl (C=O) groups is 1. The molecule has 3 aliphatic rings. The number of amides is 1. The fraction of sp³-hybridized carbons (Fsp3) is 0.650. The molecule has 1 aromatic carbocycles. The van der Waals surface area contributed by atoms with Gasteiger partial charge in [0.1, 0.15) is 5.82 Å². The second kappa shape index (κ2) is 6.94. The van der Waals surface area contributed by atoms with Crippen LogP contribution in [0.25, 0.3) is 0 Å². The first kappa shape index (κ1) is 16.8. The quantitative estimate of drug-likeness (QED) is 0.881. The molecule has 136 valence electrons. The summed E-state index contributed by atoms with van der Waals surface area (Å²) in [5.41, 5.74) is 1.39. The second-order valence-electron chi connectivity index (χ2n) is 7.86. The summed E-state index contributed by atoms with van der Waals surface area (Å²) < 4.78 is 14.5. The van der Waals surface area contributed by atoms with Crippen molar-refractivity contribution in [1.82, 2.24) is 5.32 Å². The minimum Gasteiger partial charge on any atom is -0.393 e. The van der Waals surface area contributed by atoms with Crippen molar-refractivity contribution < 1.29 is 14.3 Å². The highest BCUT2D eigenvalue weighted by Crippen LogP contribution is 2.55. The largest absolute Gasteiger partial charge is 0.393 e. The third-order valence-corrected chi connectivity index (χ3v) is 6.24. The summed E-state index contributed by atoms with van der Waals surface area (Å²) in [5, 5.41) is 12.6. The van der Waals surface area contributed by atoms with Crippen LogP contribution < -0.4 is 10.2 Å². The molecule has 0 bridgehead atoms. The lowest BCUT2D eigenvalue weighted by molar-refractivity contribution is -0.123. The molecule has 0 radical (unpaired) electrons. The Morgan fingerprint density at radius 2 is 1.84 bits per heavy atom. The number of halogens is 1. The summed E-state index contributed by atoms with van der Waals surface area (Å²) in [7, 11) is 0. The molecule has 25 heavy (non-hydrogen) atoms. The Hall–Kier alpha value is -1.62. The van der Waals surface area contributed by atoms with E-state index < -0.39 is 0 Å². The van der Waals surface area contributed by atoms with Crippen LogP contribution in [0.3, 0.4) is 0 Å². The van der Waals surface area contributed by atoms with Crippen LogP contribution in [0.4, 0.5) is 10.1 Å². The van der Waals surface area contributed by atoms with Crippen LogP contribution in [0.5, 0.6) is 0 Å². The van der Waals surface area contributed by atoms with E-state index in [-0.39, 0.29) is 23.7 Å². The number of rotatable bonds is 4. The van der Waals surface area contributed by atoms with E-state index in [1.807, 2.05) is 11.0 Å². The van der Waals surface area contributed by atoms with E-state index in [1.54, 1.807) is 6.07 Å². The molecule has 1 aliphatic heterocycles. The molecule has 2 aliphatic carbocycles. The second-order valence-corrected chi connectivity index (χ2v) is 7.86. The van der Waals surface area contributed by atoms with Gasteiger partial charge in [-0.3, -0.25) is 4.79 Å². The first-order chi connectivity index (χ1) is 12.1. The molecule has 2 N–H and O–H groups in total. The Morgan fingerprint density at radius 1 is 1.16 bits per heavy atom. The number of aliphatic hydroxyl groups is 1. The number of fused-ring (bicyclic) bond motifs is 1. The summed E-state index contributed by atoms with van der Waals surface area (Å²) in [4.78, 5) is 14.3. The third-order valence-electron chi connectivity index (χ3n) is 6.24. The van der Waals surface area contributed by atoms with Crippen LogP contribution in [-0.4, -0.2) is 30.2 Å². The number of piperidine rings is 1. The Balaban J connectivity index is 1.32. The van der Waals surface area contributed by atoms with Gasteiger partial charge in [-0.1, -0.05) is 18.9 Å². The lowest BCUT2D eigenvalue weighted by Crippen LogP contribution is -2.36. The van der Waals surface area contributed by atoms with Gasteiger partial charge in [0.2, 0.25) is 5.91 Å². The van der Waals surface area contributed by atoms with E-state index in [9.17, 15) is 14.3 Å². The molecule has 2 atom stereocenters. The maximum absolute atomic E-state index is 14.5. The molecule has 2 unspecified atom stereocenters. The lowest BCUT2D eigenvalue weighted by Gasteiger charge is -2.31. The van der Waals surface area contributed by atoms with Gasteiger partial charge in [0.25, 0.3) is 0 Å². The van der Waals surface area contributed by atoms with Crippen LogP contribution in [0.2, 0.25) is 0 Å². The summed E-state index contributed by atoms with van der Waals surface area (Å²) in [5.74, 6) is 1.30. The first-order valence-corrected chi connectivity index (χ1v) is 9.62. The van der Waals surface area contributed by atoms with Crippen LogP contribution in [0.15, 0.2) is 18.2 Å². The molecule has 0 spiro atoms. The topological polar surface area (TPSA) is 52.6 Å². The van der Waals surface area contributed by atoms with Gasteiger partial charge in [-0.05, 0) is 55.2 Å². The third kappa shape index (κ3) is 3.52. The number of benzene rings is 1. The van der Waals surface area contributed by atoms with Crippen LogP contribution in [0, 0.1) is 23.6 Å². The smallest absolute Gasteiger partial charge is 0.223 e. The minimum atomic E-state index is -0.264. The molecule has 2 saturated carbocycles. The number of nitrogens with zero attached hydrogens (tertiary/aromatic N) is 1. The Bertz CT molecular complexity index is 631. The van der Waals surface area contributed by atoms with E-state index in [1.165, 1.54) is 31.7 Å². The summed E-state index contributed by atoms with van der Waals surface area (Å²) in [6.45, 7) is 1.75. The fourth-order valence-corrected chi connectivity index (χ4v) is 4.71. The van der Waals surface area contributed by atoms with Crippen molar-refractivity contribution in [1.29, 1.82) is 0 Å². The molecule has 4 nitrogen and oxygen atoms in total. The molecule has 1 aromatic rings. The van der Waals surface area contributed by atoms with Crippen molar-refractivity contribution in [2.45, 2.75) is 51.2 Å². The molecule has 4 rings (SSSR count). The zero-order valence-electron chi connectivity index (χ0n) is 14.6. The SMILES string of the molecule is O=C(NCc1ccc(N2CCC(O)CC2)c(F)c1)C1C2CCCCC21. The van der Waals surface area contributed by atoms with E-state index in [2.05, 4.69) is 5.32 Å². The molecular formula is C20H27FN2O2. The maximum Gasteiger partial charge on any atom is 0.223 e. The monoisotopic (exact) mass is 346 g/mol. The van der Waals surface area contributed by atoms with E-state index in [0.29, 0.717) is 50.0 Å². The summed E-state index contributed by atoms with van der Waals surface area (Å²) in [6.07, 6.45) is 5.99. The first-order valence-electron chi connectivity index (χ1n) is 9.62. The minimum absolute atomic E-state index is 0.145. The van der Waals surface area contributed by atoms with Crippen molar-refractivity contribution >= 4 is 11.6 Å². The van der Waals surface area contributed by atoms with Gasteiger partial charge in [0.15, 0.2) is 0 Å². The van der Waals surface area contributed by atoms with Crippen molar-refractivity contribution in [3.8, 4) is 0 Å². The zero-order valence-corrected chi connectivity index (χ0v) is 14.6. The number of anilines is 1. The van der Waals surface area contributed by atoms with Gasteiger partial charge in [0, 0.05) is 25.6 Å². The Morgan fingerprint density at radius 3 is 2.48 bits per heavy atom. The van der Waals surface area contributed by atoms with E-state index >= 15 is 0 Å². The Labute approximate surface area is 148 Å². The average Bonchev–Trinajstić information content (AvgIpc) is 3.35. The highest BCUT2D eigenvalue weighted by atomic mass is 19.1. The maximum atomic E-state index is 14.5. The highest BCUT2D eigenvalue weighted by molar-refractivity contribution is 5.82. The number of carbonyl (C=O) groups excluding carboxylic acids is 1. The van der Waals surface area contributed by atoms with Gasteiger partial charge >= 0.3 is 0 Å². The standard InChI is InChI=1S/C20H27FN2O2/c21-17-11-13(5-6-18(17)23-9-7-14(24)8-10-23)12-22-20(25)19-15-3-1-2-4-16(15)19/h5-6,11,14-16,19,24H,1-4,7-10,12H2,(H,22,25). The van der Waals surface area contributed by atoms with Crippen LogP contribution in [-0.2, 0) is 11.3 Å². The predicted molar refractivity (Wildman–Crippen MR) is 94.6 cm³/mol. The number of nitrogens with one attached hydrogen (secondary N) is 1. The van der Waals surface area contributed by atoms with Crippen molar-refractivity contribution in [3.63, 3.8) is 0 Å². The number of hydrogen-bond acceptors (Lipinski definition) is 3. The molecule has 1 amide bonds. The summed E-state index contributed by atoms with van der Waals surface area (Å²) in [6, 6.07) is 5.22. The van der Waals surface area contributed by atoms with Gasteiger partial charge in [-0.25, -0.2) is 4.39 Å². The van der Waals surface area contributed by atoms with Crippen molar-refractivity contribution in [2.75, 3.05) is 18.0 Å². The Kier molecular flexibility index (Phi) is 4.67. The molecule has 0 aromatic heterocycles. The molecule has 3 fully saturated rings. The number of aliphatic hydroxyl groups excluding tert-OH is 1. The van der Waals surface area contributed by atoms with Crippen molar-refractivity contribution in [2.24, 2.45) is 17.8 Å². The summed E-state index contributed by atoms with van der Waals surface area (Å²) >= 11 is 0. The van der Waals surface area contributed by atoms with Gasteiger partial charge in [0.05, 0.1) is 11.8 Å². The molecule has 1 heterocycles. The van der Waals surface area contributed by atoms with E-state index in [0.717, 1.165) is 5.56 Å². The predicted octanol–water partition coefficient (Wildman–Crippen LogP) is 2.84. The van der Waals surface area contributed by atoms with Gasteiger partial charge in [-0.2, -0.15) is 0 Å². The molecule has 5 heteroatoms. The van der Waals surface area contributed by atoms with Crippen LogP contribution >= 0.6 is 0 Å². The zero-order chi connectivity index (χ0) is 17.4. The average molecular weight is 346 g/mol. The van der Waals surface area contributed by atoms with Gasteiger partial charge in [-0.15, -0.1) is 0 Å². The highest BCUT2D eigenvalue weighted by Gasteiger charge is 2.54. The molecule has 1 saturated heterocycles. The normalized spacial score (nSPS) is 29.2. The van der Waals surface area contributed by atoms with Crippen LogP contribution in [0.1, 0.15) is 44.1 Å². The van der Waals surface area contributed by atoms with Crippen molar-refractivity contribution in [3.05, 3.63) is 29.6 Å². The van der Waals surface area contributed by atoms with E-state index in [4.69, 9.17) is 0 Å². The lowest BCUT2D eigenvalue weighted by atomic mass is 10.0. The number of hydrogen-bond donors (Lipinski definition) is 2. The fourth-order valence-electron chi connectivity index (χ4n) is 4.71. The molecular weight excluding hydrogens is 319 g/mol.